The molecular formula is C18H34N2O2. The summed E-state index contributed by atoms with van der Waals surface area (Å²) in [6.07, 6.45) is 9.95. The number of hydrogen-bond donors (Lipinski definition) is 1. The van der Waals surface area contributed by atoms with Gasteiger partial charge < -0.3 is 14.9 Å². The van der Waals surface area contributed by atoms with E-state index in [1.807, 2.05) is 0 Å². The summed E-state index contributed by atoms with van der Waals surface area (Å²) in [7, 11) is 0. The van der Waals surface area contributed by atoms with Gasteiger partial charge in [0.1, 0.15) is 0 Å². The lowest BCUT2D eigenvalue weighted by Crippen LogP contribution is -2.43. The lowest BCUT2D eigenvalue weighted by Gasteiger charge is -2.34. The summed E-state index contributed by atoms with van der Waals surface area (Å²) in [5.41, 5.74) is 0. The molecular weight excluding hydrogens is 276 g/mol. The van der Waals surface area contributed by atoms with Crippen LogP contribution in [0, 0.1) is 5.92 Å². The first-order valence-corrected chi connectivity index (χ1v) is 9.37. The summed E-state index contributed by atoms with van der Waals surface area (Å²) in [5.74, 6) is 0.964. The third kappa shape index (κ3) is 5.88. The van der Waals surface area contributed by atoms with Crippen LogP contribution < -0.4 is 0 Å². The zero-order valence-electron chi connectivity index (χ0n) is 14.3. The second-order valence-corrected chi connectivity index (χ2v) is 7.21. The molecule has 1 N–H and O–H groups in total. The van der Waals surface area contributed by atoms with E-state index < -0.39 is 0 Å². The van der Waals surface area contributed by atoms with Crippen molar-refractivity contribution in [1.82, 2.24) is 9.80 Å². The molecule has 0 aliphatic carbocycles. The molecule has 4 heteroatoms. The van der Waals surface area contributed by atoms with E-state index in [-0.39, 0.29) is 6.10 Å². The molecule has 0 saturated carbocycles. The zero-order valence-corrected chi connectivity index (χ0v) is 14.3. The van der Waals surface area contributed by atoms with Crippen molar-refractivity contribution < 1.29 is 9.90 Å². The van der Waals surface area contributed by atoms with Gasteiger partial charge >= 0.3 is 0 Å². The number of hydrogen-bond acceptors (Lipinski definition) is 3. The Morgan fingerprint density at radius 3 is 2.64 bits per heavy atom. The third-order valence-electron chi connectivity index (χ3n) is 5.13. The molecule has 0 bridgehead atoms. The monoisotopic (exact) mass is 310 g/mol. The highest BCUT2D eigenvalue weighted by Crippen LogP contribution is 2.21. The van der Waals surface area contributed by atoms with Crippen molar-refractivity contribution >= 4 is 5.91 Å². The molecule has 0 aromatic carbocycles. The Hall–Kier alpha value is -0.610. The molecule has 2 aliphatic rings. The van der Waals surface area contributed by atoms with Gasteiger partial charge in [-0.05, 0) is 31.6 Å². The summed E-state index contributed by atoms with van der Waals surface area (Å²) in [5, 5.41) is 9.62. The Morgan fingerprint density at radius 1 is 1.09 bits per heavy atom. The van der Waals surface area contributed by atoms with Crippen molar-refractivity contribution in [3.05, 3.63) is 0 Å². The average Bonchev–Trinajstić information content (AvgIpc) is 2.92. The van der Waals surface area contributed by atoms with Crippen LogP contribution in [-0.4, -0.2) is 59.6 Å². The molecule has 2 atom stereocenters. The van der Waals surface area contributed by atoms with E-state index >= 15 is 0 Å². The summed E-state index contributed by atoms with van der Waals surface area (Å²) in [4.78, 5) is 16.8. The van der Waals surface area contributed by atoms with E-state index in [4.69, 9.17) is 0 Å². The van der Waals surface area contributed by atoms with Gasteiger partial charge in [0.25, 0.3) is 0 Å². The smallest absolute Gasteiger partial charge is 0.222 e. The van der Waals surface area contributed by atoms with E-state index in [2.05, 4.69) is 16.7 Å². The van der Waals surface area contributed by atoms with Crippen LogP contribution in [0.25, 0.3) is 0 Å². The number of piperidine rings is 1. The molecule has 22 heavy (non-hydrogen) atoms. The highest BCUT2D eigenvalue weighted by molar-refractivity contribution is 5.76. The van der Waals surface area contributed by atoms with E-state index in [0.717, 1.165) is 58.4 Å². The summed E-state index contributed by atoms with van der Waals surface area (Å²) in [6, 6.07) is 0. The van der Waals surface area contributed by atoms with Gasteiger partial charge in [0.2, 0.25) is 5.91 Å². The van der Waals surface area contributed by atoms with Gasteiger partial charge in [-0.2, -0.15) is 0 Å². The van der Waals surface area contributed by atoms with Crippen LogP contribution in [-0.2, 0) is 4.79 Å². The first-order chi connectivity index (χ1) is 10.7. The molecule has 0 spiro atoms. The van der Waals surface area contributed by atoms with Crippen molar-refractivity contribution in [1.29, 1.82) is 0 Å². The quantitative estimate of drug-likeness (QED) is 0.701. The van der Waals surface area contributed by atoms with Gasteiger partial charge in [-0.1, -0.05) is 32.6 Å². The predicted octanol–water partition coefficient (Wildman–Crippen LogP) is 2.65. The maximum absolute atomic E-state index is 12.3. The van der Waals surface area contributed by atoms with Crippen LogP contribution >= 0.6 is 0 Å². The molecule has 0 unspecified atom stereocenters. The lowest BCUT2D eigenvalue weighted by molar-refractivity contribution is -0.133. The molecule has 2 fully saturated rings. The minimum absolute atomic E-state index is 0.135. The largest absolute Gasteiger partial charge is 0.392 e. The van der Waals surface area contributed by atoms with Crippen molar-refractivity contribution in [3.8, 4) is 0 Å². The van der Waals surface area contributed by atoms with Gasteiger partial charge in [0, 0.05) is 39.1 Å². The van der Waals surface area contributed by atoms with Crippen LogP contribution in [0.3, 0.4) is 0 Å². The molecule has 2 rings (SSSR count). The number of carbonyl (C=O) groups is 1. The van der Waals surface area contributed by atoms with Gasteiger partial charge in [-0.25, -0.2) is 0 Å². The SMILES string of the molecule is CCCCCCCC(=O)N1CCC[C@@H](CN2CC[C@H](O)C2)C1. The molecule has 0 aromatic rings. The summed E-state index contributed by atoms with van der Waals surface area (Å²) in [6.45, 7) is 6.99. The van der Waals surface area contributed by atoms with Crippen LogP contribution in [0.2, 0.25) is 0 Å². The Kier molecular flexibility index (Phi) is 7.67. The maximum atomic E-state index is 12.3. The minimum Gasteiger partial charge on any atom is -0.392 e. The summed E-state index contributed by atoms with van der Waals surface area (Å²) >= 11 is 0. The molecule has 128 valence electrons. The molecule has 1 amide bonds. The second kappa shape index (κ2) is 9.51. The molecule has 2 saturated heterocycles. The van der Waals surface area contributed by atoms with E-state index in [9.17, 15) is 9.90 Å². The van der Waals surface area contributed by atoms with Crippen LogP contribution in [0.4, 0.5) is 0 Å². The van der Waals surface area contributed by atoms with E-state index in [1.54, 1.807) is 0 Å². The maximum Gasteiger partial charge on any atom is 0.222 e. The van der Waals surface area contributed by atoms with Crippen LogP contribution in [0.5, 0.6) is 0 Å². The fraction of sp³-hybridized carbons (Fsp3) is 0.944. The number of aliphatic hydroxyl groups is 1. The van der Waals surface area contributed by atoms with Gasteiger partial charge in [0.15, 0.2) is 0 Å². The van der Waals surface area contributed by atoms with Crippen LogP contribution in [0.1, 0.15) is 64.7 Å². The Morgan fingerprint density at radius 2 is 1.91 bits per heavy atom. The minimum atomic E-state index is -0.135. The highest BCUT2D eigenvalue weighted by Gasteiger charge is 2.27. The second-order valence-electron chi connectivity index (χ2n) is 7.21. The molecule has 0 radical (unpaired) electrons. The highest BCUT2D eigenvalue weighted by atomic mass is 16.3. The number of β-amino-alcohol motifs (C(OH)–C–C–N with tert-alkyl or cyclic N) is 1. The number of amides is 1. The number of aliphatic hydroxyl groups excluding tert-OH is 1. The van der Waals surface area contributed by atoms with E-state index in [0.29, 0.717) is 11.8 Å². The molecule has 2 heterocycles. The summed E-state index contributed by atoms with van der Waals surface area (Å²) < 4.78 is 0. The Labute approximate surface area is 135 Å². The number of carbonyl (C=O) groups excluding carboxylic acids is 1. The fourth-order valence-corrected chi connectivity index (χ4v) is 3.82. The zero-order chi connectivity index (χ0) is 15.8. The third-order valence-corrected chi connectivity index (χ3v) is 5.13. The van der Waals surface area contributed by atoms with Gasteiger partial charge in [-0.3, -0.25) is 4.79 Å². The van der Waals surface area contributed by atoms with Crippen molar-refractivity contribution in [2.45, 2.75) is 70.8 Å². The van der Waals surface area contributed by atoms with E-state index in [1.165, 1.54) is 32.1 Å². The van der Waals surface area contributed by atoms with Crippen LogP contribution in [0.15, 0.2) is 0 Å². The Bertz CT molecular complexity index is 335. The van der Waals surface area contributed by atoms with Gasteiger partial charge in [0.05, 0.1) is 6.10 Å². The normalized spacial score (nSPS) is 26.5. The predicted molar refractivity (Wildman–Crippen MR) is 89.7 cm³/mol. The first-order valence-electron chi connectivity index (χ1n) is 9.37. The number of nitrogens with zero attached hydrogens (tertiary/aromatic N) is 2. The standard InChI is InChI=1S/C18H34N2O2/c1-2-3-4-5-6-9-18(22)20-11-7-8-16(14-20)13-19-12-10-17(21)15-19/h16-17,21H,2-15H2,1H3/t16-,17-/m0/s1. The number of unbranched alkanes of at least 4 members (excludes halogenated alkanes) is 4. The van der Waals surface area contributed by atoms with Gasteiger partial charge in [-0.15, -0.1) is 0 Å². The van der Waals surface area contributed by atoms with Crippen molar-refractivity contribution in [2.24, 2.45) is 5.92 Å². The topological polar surface area (TPSA) is 43.8 Å². The molecule has 2 aliphatic heterocycles. The van der Waals surface area contributed by atoms with Crippen molar-refractivity contribution in [3.63, 3.8) is 0 Å². The first kappa shape index (κ1) is 17.7. The number of likely N-dealkylation sites (tertiary alicyclic amines) is 2. The number of rotatable bonds is 8. The average molecular weight is 310 g/mol. The molecule has 0 aromatic heterocycles. The fourth-order valence-electron chi connectivity index (χ4n) is 3.82. The molecule has 4 nitrogen and oxygen atoms in total. The van der Waals surface area contributed by atoms with Crippen molar-refractivity contribution in [2.75, 3.05) is 32.7 Å². The Balaban J connectivity index is 1.65. The lowest BCUT2D eigenvalue weighted by atomic mass is 9.97.